The molecule has 0 radical (unpaired) electrons. The minimum absolute atomic E-state index is 0. The summed E-state index contributed by atoms with van der Waals surface area (Å²) in [5, 5.41) is 4.05. The van der Waals surface area contributed by atoms with Crippen LogP contribution in [0.2, 0.25) is 0 Å². The molecule has 2 aromatic heterocycles. The number of hydrogen-bond acceptors (Lipinski definition) is 4. The minimum Gasteiger partial charge on any atom is -0.289 e. The van der Waals surface area contributed by atoms with Gasteiger partial charge in [0.2, 0.25) is 0 Å². The number of rotatable bonds is 4. The number of benzene rings is 2. The van der Waals surface area contributed by atoms with E-state index in [4.69, 9.17) is 6.57 Å². The van der Waals surface area contributed by atoms with E-state index in [1.165, 1.54) is 11.3 Å². The van der Waals surface area contributed by atoms with Crippen LogP contribution in [-0.4, -0.2) is 9.97 Å². The Kier molecular flexibility index (Phi) is 6.99. The fraction of sp³-hybridized carbons (Fsp3) is 0.136. The van der Waals surface area contributed by atoms with Gasteiger partial charge in [-0.1, -0.05) is 17.2 Å². The van der Waals surface area contributed by atoms with Crippen molar-refractivity contribution in [3.05, 3.63) is 87.2 Å². The van der Waals surface area contributed by atoms with E-state index in [9.17, 15) is 17.6 Å². The van der Waals surface area contributed by atoms with Crippen LogP contribution in [0.5, 0.6) is 0 Å². The largest absolute Gasteiger partial charge is 2.00 e. The monoisotopic (exact) mass is 652 g/mol. The van der Waals surface area contributed by atoms with E-state index >= 15 is 0 Å². The zero-order valence-electron chi connectivity index (χ0n) is 16.4. The Morgan fingerprint density at radius 3 is 2.03 bits per heavy atom. The number of halogens is 4. The summed E-state index contributed by atoms with van der Waals surface area (Å²) in [6.07, 6.45) is 0. The summed E-state index contributed by atoms with van der Waals surface area (Å²) in [7, 11) is 0. The first-order valence-electron chi connectivity index (χ1n) is 8.79. The van der Waals surface area contributed by atoms with Crippen molar-refractivity contribution in [2.75, 3.05) is 0 Å². The second-order valence-corrected chi connectivity index (χ2v) is 8.74. The molecule has 10 heteroatoms. The van der Waals surface area contributed by atoms with Gasteiger partial charge in [-0.15, -0.1) is 24.3 Å². The van der Waals surface area contributed by atoms with Gasteiger partial charge in [0.1, 0.15) is 0 Å². The van der Waals surface area contributed by atoms with Crippen LogP contribution in [0, 0.1) is 42.0 Å². The molecule has 0 aliphatic heterocycles. The van der Waals surface area contributed by atoms with Gasteiger partial charge in [-0.3, -0.25) is 32.4 Å². The second-order valence-electron chi connectivity index (χ2n) is 7.03. The van der Waals surface area contributed by atoms with Gasteiger partial charge in [0.15, 0.2) is 5.69 Å². The molecule has 0 unspecified atom stereocenters. The Bertz CT molecular complexity index is 1340. The smallest absolute Gasteiger partial charge is 0.289 e. The number of aromatic nitrogens is 2. The van der Waals surface area contributed by atoms with Crippen molar-refractivity contribution >= 4 is 28.4 Å². The first kappa shape index (κ1) is 24.2. The van der Waals surface area contributed by atoms with Gasteiger partial charge in [-0.05, 0) is 13.8 Å². The predicted molar refractivity (Wildman–Crippen MR) is 111 cm³/mol. The molecule has 32 heavy (non-hydrogen) atoms. The Labute approximate surface area is 203 Å². The summed E-state index contributed by atoms with van der Waals surface area (Å²) in [5.74, 6) is -3.47. The summed E-state index contributed by atoms with van der Waals surface area (Å²) >= 11 is 2.32. The molecule has 0 amide bonds. The van der Waals surface area contributed by atoms with Crippen molar-refractivity contribution < 1.29 is 38.6 Å². The number of thiazole rings is 2. The Morgan fingerprint density at radius 2 is 1.47 bits per heavy atom. The third-order valence-corrected chi connectivity index (χ3v) is 6.40. The number of nitrogens with zero attached hydrogens (tertiary/aromatic N) is 3. The van der Waals surface area contributed by atoms with Crippen molar-refractivity contribution in [2.45, 2.75) is 19.3 Å². The van der Waals surface area contributed by atoms with Crippen molar-refractivity contribution in [1.82, 2.24) is 9.97 Å². The van der Waals surface area contributed by atoms with Gasteiger partial charge in [0.05, 0.1) is 18.0 Å². The average Bonchev–Trinajstić information content (AvgIpc) is 3.39. The maximum absolute atomic E-state index is 14.5. The fourth-order valence-electron chi connectivity index (χ4n) is 2.84. The SMILES string of the molecule is [C-]#[N+]c1c(F)c[c-]c(-c2nc(C(C)(C)c3csc(-c4[c-]cc(F)cc4F)n3)cs2)c1F.[Pt+2]. The van der Waals surface area contributed by atoms with E-state index in [0.29, 0.717) is 16.4 Å². The predicted octanol–water partition coefficient (Wildman–Crippen LogP) is 6.96. The molecule has 0 N–H and O–H groups in total. The normalized spacial score (nSPS) is 11.2. The van der Waals surface area contributed by atoms with Crippen molar-refractivity contribution in [1.29, 1.82) is 0 Å². The molecular weight excluding hydrogens is 641 g/mol. The third kappa shape index (κ3) is 4.27. The molecule has 3 nitrogen and oxygen atoms in total. The van der Waals surface area contributed by atoms with Crippen LogP contribution in [0.15, 0.2) is 29.0 Å². The molecule has 164 valence electrons. The quantitative estimate of drug-likeness (QED) is 0.176. The van der Waals surface area contributed by atoms with Crippen LogP contribution in [-0.2, 0) is 26.5 Å². The summed E-state index contributed by atoms with van der Waals surface area (Å²) in [6.45, 7) is 10.7. The summed E-state index contributed by atoms with van der Waals surface area (Å²) < 4.78 is 55.3. The van der Waals surface area contributed by atoms with Crippen molar-refractivity contribution in [3.8, 4) is 21.1 Å². The van der Waals surface area contributed by atoms with Crippen molar-refractivity contribution in [2.24, 2.45) is 0 Å². The van der Waals surface area contributed by atoms with E-state index in [1.807, 2.05) is 13.8 Å². The average molecular weight is 653 g/mol. The van der Waals surface area contributed by atoms with E-state index in [0.717, 1.165) is 29.5 Å². The topological polar surface area (TPSA) is 30.1 Å². The molecular formula is C22H11F4N3PtS2. The Balaban J connectivity index is 0.00000289. The molecule has 2 heterocycles. The van der Waals surface area contributed by atoms with Crippen LogP contribution < -0.4 is 0 Å². The molecule has 0 bridgehead atoms. The summed E-state index contributed by atoms with van der Waals surface area (Å²) in [5.41, 5.74) is -0.282. The van der Waals surface area contributed by atoms with Crippen LogP contribution >= 0.6 is 22.7 Å². The Morgan fingerprint density at radius 1 is 0.906 bits per heavy atom. The third-order valence-electron chi connectivity index (χ3n) is 4.68. The molecule has 2 aromatic carbocycles. The van der Waals surface area contributed by atoms with Gasteiger partial charge in [-0.25, -0.2) is 0 Å². The number of hydrogen-bond donors (Lipinski definition) is 0. The Hall–Kier alpha value is -2.40. The fourth-order valence-corrected chi connectivity index (χ4v) is 4.82. The standard InChI is InChI=1S/C22H11F4N3S2.Pt/c1-22(2,16-9-30-20(28-16)12-5-4-11(23)8-15(12)25)17-10-31-21(29-17)13-6-7-14(24)19(27-3)18(13)26;/h4,7-10H,1-2H3;/q-2;+2. The minimum atomic E-state index is -1.01. The van der Waals surface area contributed by atoms with Crippen LogP contribution in [0.1, 0.15) is 25.2 Å². The molecule has 0 spiro atoms. The van der Waals surface area contributed by atoms with Crippen LogP contribution in [0.3, 0.4) is 0 Å². The second kappa shape index (κ2) is 9.22. The van der Waals surface area contributed by atoms with E-state index in [2.05, 4.69) is 26.9 Å². The maximum Gasteiger partial charge on any atom is 2.00 e. The van der Waals surface area contributed by atoms with Gasteiger partial charge >= 0.3 is 21.1 Å². The summed E-state index contributed by atoms with van der Waals surface area (Å²) in [6, 6.07) is 7.79. The van der Waals surface area contributed by atoms with Crippen LogP contribution in [0.4, 0.5) is 23.2 Å². The summed E-state index contributed by atoms with van der Waals surface area (Å²) in [4.78, 5) is 11.8. The zero-order chi connectivity index (χ0) is 22.3. The molecule has 0 saturated heterocycles. The molecule has 4 aromatic rings. The van der Waals surface area contributed by atoms with Gasteiger partial charge in [0.25, 0.3) is 0 Å². The molecule has 0 aliphatic carbocycles. The van der Waals surface area contributed by atoms with E-state index in [-0.39, 0.29) is 37.2 Å². The molecule has 4 rings (SSSR count). The molecule has 0 saturated carbocycles. The van der Waals surface area contributed by atoms with Crippen LogP contribution in [0.25, 0.3) is 26.0 Å². The zero-order valence-corrected chi connectivity index (χ0v) is 20.3. The molecule has 0 fully saturated rings. The van der Waals surface area contributed by atoms with Crippen molar-refractivity contribution in [3.63, 3.8) is 0 Å². The van der Waals surface area contributed by atoms with Gasteiger partial charge < -0.3 is 0 Å². The van der Waals surface area contributed by atoms with E-state index < -0.39 is 34.4 Å². The maximum atomic E-state index is 14.5. The molecule has 0 atom stereocenters. The van der Waals surface area contributed by atoms with E-state index in [1.54, 1.807) is 10.8 Å². The first-order valence-corrected chi connectivity index (χ1v) is 10.5. The van der Waals surface area contributed by atoms with Gasteiger partial charge in [0, 0.05) is 49.5 Å². The first-order chi connectivity index (χ1) is 14.7. The molecule has 0 aliphatic rings. The van der Waals surface area contributed by atoms with Gasteiger partial charge in [-0.2, -0.15) is 22.7 Å².